The van der Waals surface area contributed by atoms with Gasteiger partial charge in [-0.15, -0.1) is 0 Å². The summed E-state index contributed by atoms with van der Waals surface area (Å²) in [6.07, 6.45) is 6.62. The molecule has 6 heteroatoms. The Morgan fingerprint density at radius 3 is 2.65 bits per heavy atom. The van der Waals surface area contributed by atoms with Gasteiger partial charge >= 0.3 is 12.0 Å². The molecule has 6 nitrogen and oxygen atoms in total. The minimum absolute atomic E-state index is 0.0973. The van der Waals surface area contributed by atoms with Gasteiger partial charge in [0.15, 0.2) is 0 Å². The number of hydrogen-bond acceptors (Lipinski definition) is 4. The Labute approximate surface area is 153 Å². The number of hydrogen-bond donors (Lipinski definition) is 1. The van der Waals surface area contributed by atoms with Gasteiger partial charge in [-0.3, -0.25) is 14.5 Å². The van der Waals surface area contributed by atoms with E-state index in [1.54, 1.807) is 6.08 Å². The van der Waals surface area contributed by atoms with Gasteiger partial charge in [-0.05, 0) is 43.2 Å². The van der Waals surface area contributed by atoms with E-state index in [1.807, 2.05) is 36.4 Å². The first-order valence-corrected chi connectivity index (χ1v) is 9.01. The summed E-state index contributed by atoms with van der Waals surface area (Å²) in [6.45, 7) is 1.90. The van der Waals surface area contributed by atoms with Crippen molar-refractivity contribution in [1.82, 2.24) is 10.2 Å². The first-order chi connectivity index (χ1) is 12.5. The molecule has 0 aromatic heterocycles. The second-order valence-electron chi connectivity index (χ2n) is 7.08. The van der Waals surface area contributed by atoms with E-state index in [4.69, 9.17) is 4.74 Å². The minimum atomic E-state index is -0.822. The van der Waals surface area contributed by atoms with Crippen molar-refractivity contribution < 1.29 is 19.1 Å². The van der Waals surface area contributed by atoms with Crippen molar-refractivity contribution in [3.05, 3.63) is 42.0 Å². The molecular weight excluding hydrogens is 332 g/mol. The maximum atomic E-state index is 12.7. The predicted molar refractivity (Wildman–Crippen MR) is 97.0 cm³/mol. The van der Waals surface area contributed by atoms with E-state index < -0.39 is 17.5 Å². The Hall–Kier alpha value is -2.63. The quantitative estimate of drug-likeness (QED) is 0.650. The maximum Gasteiger partial charge on any atom is 0.326 e. The summed E-state index contributed by atoms with van der Waals surface area (Å²) in [5.41, 5.74) is 0.183. The third-order valence-corrected chi connectivity index (χ3v) is 5.11. The number of carbonyl (C=O) groups excluding carboxylic acids is 3. The molecule has 3 rings (SSSR count). The Bertz CT molecular complexity index is 706. The average molecular weight is 356 g/mol. The van der Waals surface area contributed by atoms with Gasteiger partial charge in [0.1, 0.15) is 18.7 Å². The molecule has 1 saturated carbocycles. The van der Waals surface area contributed by atoms with Gasteiger partial charge in [-0.1, -0.05) is 43.3 Å². The lowest BCUT2D eigenvalue weighted by atomic mass is 9.77. The van der Waals surface area contributed by atoms with Gasteiger partial charge in [0.2, 0.25) is 0 Å². The molecule has 0 bridgehead atoms. The number of nitrogens with zero attached hydrogens (tertiary/aromatic N) is 1. The molecule has 1 spiro atoms. The number of imide groups is 1. The molecule has 0 atom stereocenters. The molecule has 0 unspecified atom stereocenters. The predicted octanol–water partition coefficient (Wildman–Crippen LogP) is 2.74. The van der Waals surface area contributed by atoms with Crippen LogP contribution in [0.2, 0.25) is 0 Å². The van der Waals surface area contributed by atoms with Crippen LogP contribution in [0.4, 0.5) is 4.79 Å². The van der Waals surface area contributed by atoms with Crippen molar-refractivity contribution in [1.29, 1.82) is 0 Å². The molecule has 138 valence electrons. The lowest BCUT2D eigenvalue weighted by molar-refractivity contribution is -0.147. The SMILES string of the molecule is CC1CCC2(CC1)NC(=O)N(CC(=O)OCC=Cc1ccccc1)C2=O. The van der Waals surface area contributed by atoms with E-state index in [1.165, 1.54) is 0 Å². The number of ether oxygens (including phenoxy) is 1. The van der Waals surface area contributed by atoms with Crippen LogP contribution in [0.1, 0.15) is 38.2 Å². The molecule has 2 fully saturated rings. The minimum Gasteiger partial charge on any atom is -0.460 e. The summed E-state index contributed by atoms with van der Waals surface area (Å²) < 4.78 is 5.12. The van der Waals surface area contributed by atoms with Crippen LogP contribution < -0.4 is 5.32 Å². The molecule has 1 saturated heterocycles. The van der Waals surface area contributed by atoms with Crippen LogP contribution in [0.5, 0.6) is 0 Å². The van der Waals surface area contributed by atoms with Gasteiger partial charge < -0.3 is 10.1 Å². The van der Waals surface area contributed by atoms with Gasteiger partial charge in [-0.2, -0.15) is 0 Å². The Morgan fingerprint density at radius 1 is 1.27 bits per heavy atom. The molecule has 0 radical (unpaired) electrons. The highest BCUT2D eigenvalue weighted by Crippen LogP contribution is 2.36. The standard InChI is InChI=1S/C20H24N2O4/c1-15-9-11-20(12-10-15)18(24)22(19(25)21-20)14-17(23)26-13-5-8-16-6-3-2-4-7-16/h2-8,15H,9-14H2,1H3,(H,21,25). The van der Waals surface area contributed by atoms with Crippen LogP contribution >= 0.6 is 0 Å². The van der Waals surface area contributed by atoms with Crippen molar-refractivity contribution in [2.75, 3.05) is 13.2 Å². The highest BCUT2D eigenvalue weighted by atomic mass is 16.5. The van der Waals surface area contributed by atoms with Crippen molar-refractivity contribution in [3.63, 3.8) is 0 Å². The fourth-order valence-electron chi connectivity index (χ4n) is 3.48. The van der Waals surface area contributed by atoms with E-state index in [2.05, 4.69) is 12.2 Å². The van der Waals surface area contributed by atoms with Gasteiger partial charge in [0.05, 0.1) is 0 Å². The molecule has 1 aliphatic carbocycles. The Morgan fingerprint density at radius 2 is 1.96 bits per heavy atom. The highest BCUT2D eigenvalue weighted by Gasteiger charge is 2.52. The highest BCUT2D eigenvalue weighted by molar-refractivity contribution is 6.08. The van der Waals surface area contributed by atoms with Crippen LogP contribution in [0, 0.1) is 5.92 Å². The monoisotopic (exact) mass is 356 g/mol. The third kappa shape index (κ3) is 3.95. The summed E-state index contributed by atoms with van der Waals surface area (Å²) >= 11 is 0. The molecule has 1 aromatic rings. The van der Waals surface area contributed by atoms with Gasteiger partial charge in [0.25, 0.3) is 5.91 Å². The van der Waals surface area contributed by atoms with Crippen LogP contribution in [0.15, 0.2) is 36.4 Å². The summed E-state index contributed by atoms with van der Waals surface area (Å²) in [5.74, 6) is -0.334. The molecule has 1 heterocycles. The van der Waals surface area contributed by atoms with Crippen LogP contribution in [-0.4, -0.2) is 41.5 Å². The van der Waals surface area contributed by atoms with Crippen LogP contribution in [0.25, 0.3) is 6.08 Å². The molecule has 1 N–H and O–H groups in total. The molecule has 3 amide bonds. The van der Waals surface area contributed by atoms with Gasteiger partial charge in [-0.25, -0.2) is 4.79 Å². The van der Waals surface area contributed by atoms with Crippen molar-refractivity contribution in [2.24, 2.45) is 5.92 Å². The zero-order valence-corrected chi connectivity index (χ0v) is 14.9. The number of benzene rings is 1. The first-order valence-electron chi connectivity index (χ1n) is 9.01. The largest absolute Gasteiger partial charge is 0.460 e. The topological polar surface area (TPSA) is 75.7 Å². The molecular formula is C20H24N2O4. The Kier molecular flexibility index (Phi) is 5.40. The lowest BCUT2D eigenvalue weighted by Crippen LogP contribution is -2.49. The fraction of sp³-hybridized carbons (Fsp3) is 0.450. The van der Waals surface area contributed by atoms with Gasteiger partial charge in [0, 0.05) is 0 Å². The number of nitrogens with one attached hydrogen (secondary N) is 1. The zero-order valence-electron chi connectivity index (χ0n) is 14.9. The maximum absolute atomic E-state index is 12.7. The summed E-state index contributed by atoms with van der Waals surface area (Å²) in [4.78, 5) is 37.8. The number of carbonyl (C=O) groups is 3. The number of amides is 3. The smallest absolute Gasteiger partial charge is 0.326 e. The zero-order chi connectivity index (χ0) is 18.6. The second-order valence-corrected chi connectivity index (χ2v) is 7.08. The number of esters is 1. The van der Waals surface area contributed by atoms with E-state index in [-0.39, 0.29) is 19.1 Å². The fourth-order valence-corrected chi connectivity index (χ4v) is 3.48. The van der Waals surface area contributed by atoms with E-state index >= 15 is 0 Å². The van der Waals surface area contributed by atoms with Crippen molar-refractivity contribution in [3.8, 4) is 0 Å². The first kappa shape index (κ1) is 18.2. The summed E-state index contributed by atoms with van der Waals surface area (Å²) in [7, 11) is 0. The van der Waals surface area contributed by atoms with Crippen molar-refractivity contribution >= 4 is 24.0 Å². The van der Waals surface area contributed by atoms with Crippen LogP contribution in [0.3, 0.4) is 0 Å². The number of urea groups is 1. The number of rotatable bonds is 5. The van der Waals surface area contributed by atoms with E-state index in [0.29, 0.717) is 18.8 Å². The summed E-state index contributed by atoms with van der Waals surface area (Å²) in [5, 5.41) is 2.80. The van der Waals surface area contributed by atoms with E-state index in [0.717, 1.165) is 23.3 Å². The molecule has 26 heavy (non-hydrogen) atoms. The molecule has 2 aliphatic rings. The van der Waals surface area contributed by atoms with Crippen LogP contribution in [-0.2, 0) is 14.3 Å². The van der Waals surface area contributed by atoms with E-state index in [9.17, 15) is 14.4 Å². The molecule has 1 aromatic carbocycles. The average Bonchev–Trinajstić information content (AvgIpc) is 2.87. The normalized spacial score (nSPS) is 25.7. The lowest BCUT2D eigenvalue weighted by Gasteiger charge is -2.33. The van der Waals surface area contributed by atoms with Crippen molar-refractivity contribution in [2.45, 2.75) is 38.1 Å². The second kappa shape index (κ2) is 7.72. The Balaban J connectivity index is 1.50. The molecule has 1 aliphatic heterocycles. The third-order valence-electron chi connectivity index (χ3n) is 5.11. The summed E-state index contributed by atoms with van der Waals surface area (Å²) in [6, 6.07) is 9.15.